The second-order valence-electron chi connectivity index (χ2n) is 5.62. The van der Waals surface area contributed by atoms with Crippen LogP contribution in [0.5, 0.6) is 5.75 Å². The van der Waals surface area contributed by atoms with Crippen LogP contribution in [0.1, 0.15) is 36.0 Å². The molecule has 0 radical (unpaired) electrons. The SMILES string of the molecule is O=C1CN(C(=O)c2ccc(Cl)cc2O)C2CCCCC2N1. The Hall–Kier alpha value is -1.75. The zero-order chi connectivity index (χ0) is 15.0. The number of nitrogens with one attached hydrogen (secondary N) is 1. The molecule has 2 aliphatic rings. The smallest absolute Gasteiger partial charge is 0.258 e. The molecule has 2 N–H and O–H groups in total. The fourth-order valence-electron chi connectivity index (χ4n) is 3.24. The lowest BCUT2D eigenvalue weighted by molar-refractivity contribution is -0.127. The molecule has 2 amide bonds. The van der Waals surface area contributed by atoms with Crippen LogP contribution >= 0.6 is 11.6 Å². The minimum Gasteiger partial charge on any atom is -0.507 e. The molecule has 1 heterocycles. The summed E-state index contributed by atoms with van der Waals surface area (Å²) in [6.45, 7) is 0.0437. The molecule has 112 valence electrons. The summed E-state index contributed by atoms with van der Waals surface area (Å²) < 4.78 is 0. The summed E-state index contributed by atoms with van der Waals surface area (Å²) in [5.74, 6) is -0.596. The van der Waals surface area contributed by atoms with Crippen LogP contribution in [-0.4, -0.2) is 40.4 Å². The molecule has 5 nitrogen and oxygen atoms in total. The number of piperazine rings is 1. The van der Waals surface area contributed by atoms with Gasteiger partial charge in [0.05, 0.1) is 11.6 Å². The number of nitrogens with zero attached hydrogens (tertiary/aromatic N) is 1. The first-order valence-electron chi connectivity index (χ1n) is 7.15. The lowest BCUT2D eigenvalue weighted by atomic mass is 9.87. The molecule has 2 fully saturated rings. The fraction of sp³-hybridized carbons (Fsp3) is 0.467. The number of hydrogen-bond donors (Lipinski definition) is 2. The van der Waals surface area contributed by atoms with Crippen molar-refractivity contribution in [1.82, 2.24) is 10.2 Å². The van der Waals surface area contributed by atoms with Gasteiger partial charge in [-0.15, -0.1) is 0 Å². The maximum absolute atomic E-state index is 12.7. The monoisotopic (exact) mass is 308 g/mol. The Morgan fingerprint density at radius 3 is 2.86 bits per heavy atom. The first-order valence-corrected chi connectivity index (χ1v) is 7.53. The molecule has 1 saturated carbocycles. The number of fused-ring (bicyclic) bond motifs is 1. The molecule has 1 aliphatic carbocycles. The Bertz CT molecular complexity index is 590. The van der Waals surface area contributed by atoms with Crippen LogP contribution in [-0.2, 0) is 4.79 Å². The van der Waals surface area contributed by atoms with Crippen molar-refractivity contribution in [3.05, 3.63) is 28.8 Å². The van der Waals surface area contributed by atoms with E-state index in [9.17, 15) is 14.7 Å². The Kier molecular flexibility index (Phi) is 3.76. The number of phenols is 1. The van der Waals surface area contributed by atoms with E-state index in [1.165, 1.54) is 12.1 Å². The maximum Gasteiger partial charge on any atom is 0.258 e. The van der Waals surface area contributed by atoms with Gasteiger partial charge in [-0.1, -0.05) is 24.4 Å². The van der Waals surface area contributed by atoms with Crippen LogP contribution < -0.4 is 5.32 Å². The van der Waals surface area contributed by atoms with E-state index in [4.69, 9.17) is 11.6 Å². The normalized spacial score (nSPS) is 25.2. The van der Waals surface area contributed by atoms with Crippen molar-refractivity contribution in [3.8, 4) is 5.75 Å². The highest BCUT2D eigenvalue weighted by atomic mass is 35.5. The number of amides is 2. The summed E-state index contributed by atoms with van der Waals surface area (Å²) in [5.41, 5.74) is 0.193. The standard InChI is InChI=1S/C15H17ClN2O3/c16-9-5-6-10(13(19)7-9)15(21)18-8-14(20)17-11-3-1-2-4-12(11)18/h5-7,11-12,19H,1-4,8H2,(H,17,20). The van der Waals surface area contributed by atoms with E-state index in [1.54, 1.807) is 11.0 Å². The summed E-state index contributed by atoms with van der Waals surface area (Å²) in [6, 6.07) is 4.45. The van der Waals surface area contributed by atoms with E-state index in [2.05, 4.69) is 5.32 Å². The van der Waals surface area contributed by atoms with Gasteiger partial charge in [0.25, 0.3) is 5.91 Å². The van der Waals surface area contributed by atoms with Gasteiger partial charge >= 0.3 is 0 Å². The largest absolute Gasteiger partial charge is 0.507 e. The highest BCUT2D eigenvalue weighted by Crippen LogP contribution is 2.29. The topological polar surface area (TPSA) is 69.6 Å². The average Bonchev–Trinajstić information content (AvgIpc) is 2.45. The van der Waals surface area contributed by atoms with Gasteiger partial charge in [-0.2, -0.15) is 0 Å². The molecule has 0 aromatic heterocycles. The highest BCUT2D eigenvalue weighted by molar-refractivity contribution is 6.30. The number of phenolic OH excluding ortho intramolecular Hbond substituents is 1. The number of carbonyl (C=O) groups excluding carboxylic acids is 2. The van der Waals surface area contributed by atoms with E-state index in [0.717, 1.165) is 25.7 Å². The summed E-state index contributed by atoms with van der Waals surface area (Å²) in [5, 5.41) is 13.3. The molecule has 2 atom stereocenters. The Balaban J connectivity index is 1.89. The molecule has 1 aromatic rings. The predicted octanol–water partition coefficient (Wildman–Crippen LogP) is 1.93. The molecule has 1 aliphatic heterocycles. The van der Waals surface area contributed by atoms with E-state index in [1.807, 2.05) is 0 Å². The molecule has 0 bridgehead atoms. The molecule has 2 unspecified atom stereocenters. The molecule has 1 saturated heterocycles. The third kappa shape index (κ3) is 2.70. The van der Waals surface area contributed by atoms with Crippen molar-refractivity contribution in [2.24, 2.45) is 0 Å². The highest BCUT2D eigenvalue weighted by Gasteiger charge is 2.39. The third-order valence-electron chi connectivity index (χ3n) is 4.24. The van der Waals surface area contributed by atoms with Crippen LogP contribution in [0.3, 0.4) is 0 Å². The molecular formula is C15H17ClN2O3. The van der Waals surface area contributed by atoms with Gasteiger partial charge in [0.1, 0.15) is 12.3 Å². The quantitative estimate of drug-likeness (QED) is 0.833. The van der Waals surface area contributed by atoms with Gasteiger partial charge in [-0.3, -0.25) is 9.59 Å². The minimum atomic E-state index is -0.309. The van der Waals surface area contributed by atoms with Gasteiger partial charge in [0.2, 0.25) is 5.91 Å². The second kappa shape index (κ2) is 5.56. The van der Waals surface area contributed by atoms with E-state index >= 15 is 0 Å². The predicted molar refractivity (Wildman–Crippen MR) is 78.3 cm³/mol. The lowest BCUT2D eigenvalue weighted by Crippen LogP contribution is -2.62. The maximum atomic E-state index is 12.7. The Morgan fingerprint density at radius 2 is 2.10 bits per heavy atom. The Morgan fingerprint density at radius 1 is 1.33 bits per heavy atom. The number of hydrogen-bond acceptors (Lipinski definition) is 3. The molecule has 1 aromatic carbocycles. The van der Waals surface area contributed by atoms with Crippen LogP contribution in [0.15, 0.2) is 18.2 Å². The summed E-state index contributed by atoms with van der Waals surface area (Å²) in [4.78, 5) is 26.1. The van der Waals surface area contributed by atoms with E-state index in [-0.39, 0.29) is 41.8 Å². The van der Waals surface area contributed by atoms with Gasteiger partial charge in [0.15, 0.2) is 0 Å². The second-order valence-corrected chi connectivity index (χ2v) is 6.06. The van der Waals surface area contributed by atoms with Crippen LogP contribution in [0.25, 0.3) is 0 Å². The van der Waals surface area contributed by atoms with Crippen LogP contribution in [0.2, 0.25) is 5.02 Å². The van der Waals surface area contributed by atoms with Gasteiger partial charge in [0, 0.05) is 11.1 Å². The van der Waals surface area contributed by atoms with Crippen molar-refractivity contribution >= 4 is 23.4 Å². The number of halogens is 1. The first-order chi connectivity index (χ1) is 10.1. The van der Waals surface area contributed by atoms with E-state index < -0.39 is 0 Å². The summed E-state index contributed by atoms with van der Waals surface area (Å²) >= 11 is 5.79. The summed E-state index contributed by atoms with van der Waals surface area (Å²) in [7, 11) is 0. The molecule has 21 heavy (non-hydrogen) atoms. The van der Waals surface area contributed by atoms with Crippen LogP contribution in [0.4, 0.5) is 0 Å². The molecule has 6 heteroatoms. The van der Waals surface area contributed by atoms with Gasteiger partial charge < -0.3 is 15.3 Å². The van der Waals surface area contributed by atoms with Gasteiger partial charge in [-0.05, 0) is 31.0 Å². The van der Waals surface area contributed by atoms with Crippen molar-refractivity contribution in [1.29, 1.82) is 0 Å². The van der Waals surface area contributed by atoms with Crippen molar-refractivity contribution in [2.75, 3.05) is 6.54 Å². The number of benzene rings is 1. The van der Waals surface area contributed by atoms with E-state index in [0.29, 0.717) is 5.02 Å². The molecular weight excluding hydrogens is 292 g/mol. The zero-order valence-electron chi connectivity index (χ0n) is 11.5. The van der Waals surface area contributed by atoms with Gasteiger partial charge in [-0.25, -0.2) is 0 Å². The van der Waals surface area contributed by atoms with Crippen LogP contribution in [0, 0.1) is 0 Å². The molecule has 0 spiro atoms. The first kappa shape index (κ1) is 14.2. The average molecular weight is 309 g/mol. The van der Waals surface area contributed by atoms with Crippen molar-refractivity contribution in [3.63, 3.8) is 0 Å². The molecule has 3 rings (SSSR count). The zero-order valence-corrected chi connectivity index (χ0v) is 12.3. The lowest BCUT2D eigenvalue weighted by Gasteiger charge is -2.44. The minimum absolute atomic E-state index is 0.0130. The number of carbonyl (C=O) groups is 2. The number of rotatable bonds is 1. The third-order valence-corrected chi connectivity index (χ3v) is 4.48. The fourth-order valence-corrected chi connectivity index (χ4v) is 3.41. The number of aromatic hydroxyl groups is 1. The Labute approximate surface area is 127 Å². The van der Waals surface area contributed by atoms with Crippen molar-refractivity contribution in [2.45, 2.75) is 37.8 Å². The summed E-state index contributed by atoms with van der Waals surface area (Å²) in [6.07, 6.45) is 3.89. The van der Waals surface area contributed by atoms with Crippen molar-refractivity contribution < 1.29 is 14.7 Å².